The van der Waals surface area contributed by atoms with E-state index >= 15 is 0 Å². The Bertz CT molecular complexity index is 379. The molecule has 1 aromatic carbocycles. The summed E-state index contributed by atoms with van der Waals surface area (Å²) in [6.07, 6.45) is 2.43. The molecule has 0 spiro atoms. The van der Waals surface area contributed by atoms with Gasteiger partial charge in [0.15, 0.2) is 0 Å². The Kier molecular flexibility index (Phi) is 3.42. The quantitative estimate of drug-likeness (QED) is 0.613. The molecule has 1 aromatic rings. The molecule has 4 heteroatoms. The van der Waals surface area contributed by atoms with E-state index in [0.717, 1.165) is 11.6 Å². The van der Waals surface area contributed by atoms with Crippen molar-refractivity contribution in [2.24, 2.45) is 0 Å². The van der Waals surface area contributed by atoms with E-state index in [0.29, 0.717) is 5.02 Å². The molecule has 0 unspecified atom stereocenters. The van der Waals surface area contributed by atoms with Crippen LogP contribution in [0.2, 0.25) is 5.02 Å². The predicted octanol–water partition coefficient (Wildman–Crippen LogP) is 2.01. The van der Waals surface area contributed by atoms with Crippen LogP contribution < -0.4 is 0 Å². The van der Waals surface area contributed by atoms with Gasteiger partial charge in [0.1, 0.15) is 0 Å². The van der Waals surface area contributed by atoms with Crippen LogP contribution in [0.25, 0.3) is 6.08 Å². The van der Waals surface area contributed by atoms with Crippen LogP contribution in [0.1, 0.15) is 5.56 Å². The number of carbonyl (C=O) groups excluding carboxylic acids is 1. The van der Waals surface area contributed by atoms with Crippen LogP contribution >= 0.6 is 11.6 Å². The lowest BCUT2D eigenvalue weighted by Crippen LogP contribution is -2.08. The molecule has 0 aromatic heterocycles. The van der Waals surface area contributed by atoms with Crippen molar-refractivity contribution in [3.63, 3.8) is 0 Å². The molecule has 0 atom stereocenters. The van der Waals surface area contributed by atoms with Gasteiger partial charge in [-0.1, -0.05) is 29.8 Å². The minimum atomic E-state index is -1.46. The number of halogens is 1. The van der Waals surface area contributed by atoms with Crippen LogP contribution in [0.3, 0.4) is 0 Å². The van der Waals surface area contributed by atoms with Crippen molar-refractivity contribution in [3.05, 3.63) is 40.9 Å². The average Bonchev–Trinajstić information content (AvgIpc) is 2.16. The zero-order chi connectivity index (χ0) is 10.6. The van der Waals surface area contributed by atoms with Gasteiger partial charge in [0, 0.05) is 5.02 Å². The topological polar surface area (TPSA) is 54.4 Å². The van der Waals surface area contributed by atoms with Crippen molar-refractivity contribution in [2.75, 3.05) is 0 Å². The second-order valence-corrected chi connectivity index (χ2v) is 2.99. The van der Waals surface area contributed by atoms with E-state index in [-0.39, 0.29) is 0 Å². The molecule has 0 saturated heterocycles. The van der Waals surface area contributed by atoms with E-state index in [4.69, 9.17) is 16.7 Å². The fourth-order valence-electron chi connectivity index (χ4n) is 0.817. The first-order valence-corrected chi connectivity index (χ1v) is 4.18. The number of hydrogen-bond acceptors (Lipinski definition) is 2. The van der Waals surface area contributed by atoms with Gasteiger partial charge >= 0.3 is 5.97 Å². The molecule has 0 saturated carbocycles. The smallest absolute Gasteiger partial charge is 0.376 e. The van der Waals surface area contributed by atoms with Crippen LogP contribution in [0.5, 0.6) is 0 Å². The Hall–Kier alpha value is -1.61. The van der Waals surface area contributed by atoms with Gasteiger partial charge < -0.3 is 5.11 Å². The van der Waals surface area contributed by atoms with Crippen molar-refractivity contribution in [1.29, 1.82) is 0 Å². The highest BCUT2D eigenvalue weighted by Crippen LogP contribution is 2.10. The summed E-state index contributed by atoms with van der Waals surface area (Å²) in [5.41, 5.74) is 0.726. The number of hydrogen-bond donors (Lipinski definition) is 1. The molecular weight excluding hydrogens is 204 g/mol. The SMILES string of the molecule is O=C(O)C(=O)/C=C\c1ccc(Cl)cc1. The Morgan fingerprint density at radius 2 is 1.79 bits per heavy atom. The summed E-state index contributed by atoms with van der Waals surface area (Å²) in [6.45, 7) is 0. The van der Waals surface area contributed by atoms with Crippen molar-refractivity contribution in [3.8, 4) is 0 Å². The fourth-order valence-corrected chi connectivity index (χ4v) is 0.943. The van der Waals surface area contributed by atoms with Gasteiger partial charge in [-0.2, -0.15) is 0 Å². The average molecular weight is 211 g/mol. The predicted molar refractivity (Wildman–Crippen MR) is 53.1 cm³/mol. The number of carboxylic acid groups (broad SMARTS) is 1. The number of ketones is 1. The lowest BCUT2D eigenvalue weighted by Gasteiger charge is -1.92. The van der Waals surface area contributed by atoms with Gasteiger partial charge in [-0.25, -0.2) is 4.79 Å². The van der Waals surface area contributed by atoms with Crippen LogP contribution in [0.15, 0.2) is 30.3 Å². The van der Waals surface area contributed by atoms with E-state index in [1.807, 2.05) is 0 Å². The maximum Gasteiger partial charge on any atom is 0.376 e. The van der Waals surface area contributed by atoms with E-state index < -0.39 is 11.8 Å². The van der Waals surface area contributed by atoms with E-state index in [1.165, 1.54) is 6.08 Å². The maximum atomic E-state index is 10.7. The number of carboxylic acids is 1. The summed E-state index contributed by atoms with van der Waals surface area (Å²) in [6, 6.07) is 6.70. The van der Waals surface area contributed by atoms with Gasteiger partial charge in [-0.15, -0.1) is 0 Å². The molecule has 0 aliphatic carbocycles. The van der Waals surface area contributed by atoms with Crippen molar-refractivity contribution in [1.82, 2.24) is 0 Å². The number of rotatable bonds is 3. The minimum Gasteiger partial charge on any atom is -0.475 e. The molecule has 0 heterocycles. The fraction of sp³-hybridized carbons (Fsp3) is 0. The third kappa shape index (κ3) is 3.03. The highest BCUT2D eigenvalue weighted by molar-refractivity contribution is 6.38. The normalized spacial score (nSPS) is 10.4. The Balaban J connectivity index is 2.74. The molecule has 72 valence electrons. The van der Waals surface area contributed by atoms with Gasteiger partial charge in [0.2, 0.25) is 0 Å². The number of benzene rings is 1. The first kappa shape index (κ1) is 10.5. The second kappa shape index (κ2) is 4.58. The van der Waals surface area contributed by atoms with E-state index in [9.17, 15) is 9.59 Å². The first-order valence-electron chi connectivity index (χ1n) is 3.80. The molecule has 0 aliphatic rings. The molecule has 0 radical (unpaired) electrons. The number of carbonyl (C=O) groups is 2. The van der Waals surface area contributed by atoms with Crippen LogP contribution in [0, 0.1) is 0 Å². The van der Waals surface area contributed by atoms with Gasteiger partial charge in [0.05, 0.1) is 0 Å². The Labute approximate surface area is 85.6 Å². The first-order chi connectivity index (χ1) is 6.59. The van der Waals surface area contributed by atoms with Crippen LogP contribution in [-0.4, -0.2) is 16.9 Å². The molecule has 14 heavy (non-hydrogen) atoms. The van der Waals surface area contributed by atoms with Crippen LogP contribution in [0.4, 0.5) is 0 Å². The molecule has 0 fully saturated rings. The zero-order valence-electron chi connectivity index (χ0n) is 7.11. The Morgan fingerprint density at radius 3 is 2.29 bits per heavy atom. The third-order valence-corrected chi connectivity index (χ3v) is 1.76. The molecule has 0 bridgehead atoms. The summed E-state index contributed by atoms with van der Waals surface area (Å²) >= 11 is 5.64. The summed E-state index contributed by atoms with van der Waals surface area (Å²) in [5.74, 6) is -2.41. The highest BCUT2D eigenvalue weighted by atomic mass is 35.5. The lowest BCUT2D eigenvalue weighted by molar-refractivity contribution is -0.146. The van der Waals surface area contributed by atoms with Crippen LogP contribution in [-0.2, 0) is 9.59 Å². The lowest BCUT2D eigenvalue weighted by atomic mass is 10.2. The Morgan fingerprint density at radius 1 is 1.21 bits per heavy atom. The van der Waals surface area contributed by atoms with E-state index in [1.54, 1.807) is 24.3 Å². The molecular formula is C10H7ClO3. The zero-order valence-corrected chi connectivity index (χ0v) is 7.86. The summed E-state index contributed by atoms with van der Waals surface area (Å²) in [7, 11) is 0. The number of aliphatic carboxylic acids is 1. The minimum absolute atomic E-state index is 0.590. The highest BCUT2D eigenvalue weighted by Gasteiger charge is 2.04. The summed E-state index contributed by atoms with van der Waals surface area (Å²) < 4.78 is 0. The standard InChI is InChI=1S/C10H7ClO3/c11-8-4-1-7(2-5-8)3-6-9(12)10(13)14/h1-6H,(H,13,14)/b6-3-. The third-order valence-electron chi connectivity index (χ3n) is 1.51. The van der Waals surface area contributed by atoms with Crippen molar-refractivity contribution < 1.29 is 14.7 Å². The van der Waals surface area contributed by atoms with Crippen molar-refractivity contribution >= 4 is 29.4 Å². The van der Waals surface area contributed by atoms with E-state index in [2.05, 4.69) is 0 Å². The molecule has 1 rings (SSSR count). The maximum absolute atomic E-state index is 10.7. The summed E-state index contributed by atoms with van der Waals surface area (Å²) in [4.78, 5) is 20.8. The molecule has 1 N–H and O–H groups in total. The van der Waals surface area contributed by atoms with Crippen molar-refractivity contribution in [2.45, 2.75) is 0 Å². The largest absolute Gasteiger partial charge is 0.475 e. The monoisotopic (exact) mass is 210 g/mol. The summed E-state index contributed by atoms with van der Waals surface area (Å²) in [5, 5.41) is 8.87. The second-order valence-electron chi connectivity index (χ2n) is 2.55. The van der Waals surface area contributed by atoms with Gasteiger partial charge in [-0.3, -0.25) is 4.79 Å². The van der Waals surface area contributed by atoms with Gasteiger partial charge in [-0.05, 0) is 23.8 Å². The molecule has 0 aliphatic heterocycles. The van der Waals surface area contributed by atoms with Gasteiger partial charge in [0.25, 0.3) is 5.78 Å². The molecule has 3 nitrogen and oxygen atoms in total. The molecule has 0 amide bonds.